The van der Waals surface area contributed by atoms with Gasteiger partial charge < -0.3 is 0 Å². The minimum Gasteiger partial charge on any atom is -0.192 e. The molecule has 0 saturated heterocycles. The molecule has 1 saturated carbocycles. The summed E-state index contributed by atoms with van der Waals surface area (Å²) < 4.78 is 0. The highest BCUT2D eigenvalue weighted by Crippen LogP contribution is 2.31. The summed E-state index contributed by atoms with van der Waals surface area (Å²) in [5.41, 5.74) is 3.88. The Bertz CT molecular complexity index is 439. The quantitative estimate of drug-likeness (QED) is 0.436. The Hall–Kier alpha value is -1.55. The van der Waals surface area contributed by atoms with Crippen molar-refractivity contribution in [2.45, 2.75) is 52.4 Å². The Labute approximate surface area is 118 Å². The summed E-state index contributed by atoms with van der Waals surface area (Å²) in [4.78, 5) is 0. The van der Waals surface area contributed by atoms with Crippen molar-refractivity contribution in [3.8, 4) is 6.07 Å². The van der Waals surface area contributed by atoms with Gasteiger partial charge in [-0.1, -0.05) is 45.4 Å². The molecule has 0 amide bonds. The lowest BCUT2D eigenvalue weighted by Crippen LogP contribution is -2.09. The largest absolute Gasteiger partial charge is 0.192 e. The highest BCUT2D eigenvalue weighted by atomic mass is 14.2. The van der Waals surface area contributed by atoms with E-state index in [1.54, 1.807) is 0 Å². The van der Waals surface area contributed by atoms with Crippen LogP contribution in [0.25, 0.3) is 0 Å². The molecule has 0 heterocycles. The van der Waals surface area contributed by atoms with E-state index in [-0.39, 0.29) is 0 Å². The van der Waals surface area contributed by atoms with Crippen LogP contribution in [-0.4, -0.2) is 0 Å². The molecule has 0 aliphatic heterocycles. The Morgan fingerprint density at radius 1 is 1.37 bits per heavy atom. The SMILES string of the molecule is C=C(C#N)/C=C(C(=C)CC)\C(C)=C/CCC1CCC1. The zero-order valence-corrected chi connectivity index (χ0v) is 12.3. The number of rotatable bonds is 7. The van der Waals surface area contributed by atoms with Crippen LogP contribution in [0, 0.1) is 17.2 Å². The van der Waals surface area contributed by atoms with Gasteiger partial charge in [0.1, 0.15) is 0 Å². The van der Waals surface area contributed by atoms with E-state index in [0.717, 1.165) is 29.9 Å². The smallest absolute Gasteiger partial charge is 0.0985 e. The first-order chi connectivity index (χ1) is 9.08. The van der Waals surface area contributed by atoms with E-state index in [2.05, 4.69) is 39.2 Å². The molecule has 0 aromatic heterocycles. The molecule has 0 unspecified atom stereocenters. The average Bonchev–Trinajstić information content (AvgIpc) is 2.37. The van der Waals surface area contributed by atoms with Gasteiger partial charge in [-0.15, -0.1) is 0 Å². The van der Waals surface area contributed by atoms with Gasteiger partial charge in [0.2, 0.25) is 0 Å². The molecule has 0 atom stereocenters. The molecule has 1 fully saturated rings. The zero-order chi connectivity index (χ0) is 14.3. The van der Waals surface area contributed by atoms with Crippen LogP contribution < -0.4 is 0 Å². The van der Waals surface area contributed by atoms with Crippen molar-refractivity contribution in [1.82, 2.24) is 0 Å². The molecule has 0 spiro atoms. The highest BCUT2D eigenvalue weighted by Gasteiger charge is 2.16. The first-order valence-corrected chi connectivity index (χ1v) is 7.24. The normalized spacial score (nSPS) is 16.7. The van der Waals surface area contributed by atoms with E-state index in [1.807, 2.05) is 6.08 Å². The van der Waals surface area contributed by atoms with Crippen LogP contribution in [0.4, 0.5) is 0 Å². The van der Waals surface area contributed by atoms with Crippen molar-refractivity contribution >= 4 is 0 Å². The minimum absolute atomic E-state index is 0.497. The lowest BCUT2D eigenvalue weighted by molar-refractivity contribution is 0.298. The molecule has 0 aromatic rings. The second-order valence-electron chi connectivity index (χ2n) is 5.41. The van der Waals surface area contributed by atoms with Crippen LogP contribution >= 0.6 is 0 Å². The van der Waals surface area contributed by atoms with Crippen LogP contribution in [0.15, 0.2) is 47.6 Å². The van der Waals surface area contributed by atoms with Crippen LogP contribution in [0.3, 0.4) is 0 Å². The number of nitrogens with zero attached hydrogens (tertiary/aromatic N) is 1. The lowest BCUT2D eigenvalue weighted by Gasteiger charge is -2.24. The standard InChI is InChI=1S/C18H25N/c1-5-15(3)18(12-14(2)13-19)16(4)8-6-9-17-10-7-11-17/h8,12,17H,2-3,5-7,9-11H2,1,4H3/b16-8-,18-12-. The van der Waals surface area contributed by atoms with Gasteiger partial charge in [-0.2, -0.15) is 5.26 Å². The van der Waals surface area contributed by atoms with Crippen molar-refractivity contribution < 1.29 is 0 Å². The van der Waals surface area contributed by atoms with Gasteiger partial charge in [-0.05, 0) is 54.9 Å². The average molecular weight is 255 g/mol. The van der Waals surface area contributed by atoms with Gasteiger partial charge >= 0.3 is 0 Å². The molecular formula is C18H25N. The van der Waals surface area contributed by atoms with Crippen LogP contribution in [0.5, 0.6) is 0 Å². The summed E-state index contributed by atoms with van der Waals surface area (Å²) in [6.45, 7) is 12.0. The van der Waals surface area contributed by atoms with Crippen LogP contribution in [-0.2, 0) is 0 Å². The molecule has 1 aliphatic rings. The third kappa shape index (κ3) is 4.91. The molecule has 1 aliphatic carbocycles. The molecule has 0 bridgehead atoms. The maximum absolute atomic E-state index is 8.87. The topological polar surface area (TPSA) is 23.8 Å². The van der Waals surface area contributed by atoms with E-state index in [4.69, 9.17) is 5.26 Å². The maximum Gasteiger partial charge on any atom is 0.0985 e. The number of hydrogen-bond acceptors (Lipinski definition) is 1. The summed E-state index contributed by atoms with van der Waals surface area (Å²) >= 11 is 0. The molecule has 0 N–H and O–H groups in total. The highest BCUT2D eigenvalue weighted by molar-refractivity contribution is 5.50. The molecule has 1 rings (SSSR count). The molecule has 0 aromatic carbocycles. The summed E-state index contributed by atoms with van der Waals surface area (Å²) in [6.07, 6.45) is 11.7. The monoisotopic (exact) mass is 255 g/mol. The predicted octanol–water partition coefficient (Wildman–Crippen LogP) is 5.49. The third-order valence-corrected chi connectivity index (χ3v) is 3.94. The van der Waals surface area contributed by atoms with Crippen LogP contribution in [0.1, 0.15) is 52.4 Å². The molecular weight excluding hydrogens is 230 g/mol. The number of nitriles is 1. The van der Waals surface area contributed by atoms with E-state index < -0.39 is 0 Å². The molecule has 1 heteroatoms. The lowest BCUT2D eigenvalue weighted by atomic mass is 9.82. The van der Waals surface area contributed by atoms with Crippen molar-refractivity contribution in [3.63, 3.8) is 0 Å². The fourth-order valence-electron chi connectivity index (χ4n) is 2.32. The van der Waals surface area contributed by atoms with Gasteiger partial charge in [-0.25, -0.2) is 0 Å². The summed E-state index contributed by atoms with van der Waals surface area (Å²) in [7, 11) is 0. The second-order valence-corrected chi connectivity index (χ2v) is 5.41. The van der Waals surface area contributed by atoms with Crippen molar-refractivity contribution in [3.05, 3.63) is 47.6 Å². The Kier molecular flexibility index (Phi) is 6.36. The summed E-state index contributed by atoms with van der Waals surface area (Å²) in [6, 6.07) is 2.08. The van der Waals surface area contributed by atoms with E-state index in [1.165, 1.54) is 31.3 Å². The van der Waals surface area contributed by atoms with Gasteiger partial charge in [0.25, 0.3) is 0 Å². The van der Waals surface area contributed by atoms with Gasteiger partial charge in [0, 0.05) is 5.57 Å². The number of hydrogen-bond donors (Lipinski definition) is 0. The maximum atomic E-state index is 8.87. The molecule has 102 valence electrons. The molecule has 1 nitrogen and oxygen atoms in total. The predicted molar refractivity (Wildman–Crippen MR) is 82.6 cm³/mol. The second kappa shape index (κ2) is 7.79. The van der Waals surface area contributed by atoms with Gasteiger partial charge in [-0.3, -0.25) is 0 Å². The van der Waals surface area contributed by atoms with Crippen molar-refractivity contribution in [2.24, 2.45) is 5.92 Å². The fourth-order valence-corrected chi connectivity index (χ4v) is 2.32. The summed E-state index contributed by atoms with van der Waals surface area (Å²) in [5, 5.41) is 8.87. The summed E-state index contributed by atoms with van der Waals surface area (Å²) in [5.74, 6) is 0.944. The number of allylic oxidation sites excluding steroid dienone is 6. The molecule has 19 heavy (non-hydrogen) atoms. The first kappa shape index (κ1) is 15.5. The Morgan fingerprint density at radius 2 is 2.05 bits per heavy atom. The fraction of sp³-hybridized carbons (Fsp3) is 0.500. The van der Waals surface area contributed by atoms with E-state index >= 15 is 0 Å². The minimum atomic E-state index is 0.497. The third-order valence-electron chi connectivity index (χ3n) is 3.94. The Balaban J connectivity index is 2.69. The van der Waals surface area contributed by atoms with Gasteiger partial charge in [0.15, 0.2) is 0 Å². The van der Waals surface area contributed by atoms with E-state index in [9.17, 15) is 0 Å². The van der Waals surface area contributed by atoms with E-state index in [0.29, 0.717) is 5.57 Å². The zero-order valence-electron chi connectivity index (χ0n) is 12.3. The first-order valence-electron chi connectivity index (χ1n) is 7.24. The van der Waals surface area contributed by atoms with Crippen molar-refractivity contribution in [2.75, 3.05) is 0 Å². The van der Waals surface area contributed by atoms with Gasteiger partial charge in [0.05, 0.1) is 6.07 Å². The molecule has 0 radical (unpaired) electrons. The van der Waals surface area contributed by atoms with Crippen LogP contribution in [0.2, 0.25) is 0 Å². The van der Waals surface area contributed by atoms with Crippen molar-refractivity contribution in [1.29, 1.82) is 5.26 Å². The Morgan fingerprint density at radius 3 is 2.53 bits per heavy atom.